The average Bonchev–Trinajstić information content (AvgIpc) is 3.24. The molecule has 0 aliphatic carbocycles. The summed E-state index contributed by atoms with van der Waals surface area (Å²) in [4.78, 5) is 7.75. The largest absolute Gasteiger partial charge is 0.497 e. The van der Waals surface area contributed by atoms with E-state index >= 15 is 0 Å². The lowest BCUT2D eigenvalue weighted by Crippen LogP contribution is -2.48. The van der Waals surface area contributed by atoms with Crippen LogP contribution < -0.4 is 9.64 Å². The zero-order chi connectivity index (χ0) is 20.4. The molecule has 1 aromatic heterocycles. The third-order valence-electron chi connectivity index (χ3n) is 4.81. The number of benzene rings is 2. The Kier molecular flexibility index (Phi) is 5.53. The maximum Gasteiger partial charge on any atom is 0.243 e. The normalized spacial score (nSPS) is 15.4. The maximum absolute atomic E-state index is 13.1. The quantitative estimate of drug-likeness (QED) is 0.617. The molecule has 152 valence electrons. The highest BCUT2D eigenvalue weighted by molar-refractivity contribution is 7.89. The molecule has 2 heterocycles. The number of methoxy groups -OCH3 is 1. The topological polar surface area (TPSA) is 62.7 Å². The molecule has 0 bridgehead atoms. The number of nitrogens with zero attached hydrogens (tertiary/aromatic N) is 3. The minimum Gasteiger partial charge on any atom is -0.497 e. The molecule has 3 aromatic rings. The van der Waals surface area contributed by atoms with Gasteiger partial charge in [0.25, 0.3) is 0 Å². The van der Waals surface area contributed by atoms with E-state index in [4.69, 9.17) is 4.74 Å². The number of piperazine rings is 1. The van der Waals surface area contributed by atoms with Crippen LogP contribution in [0, 0.1) is 5.82 Å². The van der Waals surface area contributed by atoms with Crippen LogP contribution in [0.2, 0.25) is 0 Å². The minimum atomic E-state index is -3.62. The molecule has 9 heteroatoms. The van der Waals surface area contributed by atoms with Gasteiger partial charge in [-0.05, 0) is 42.0 Å². The van der Waals surface area contributed by atoms with Crippen LogP contribution in [-0.2, 0) is 10.0 Å². The van der Waals surface area contributed by atoms with Gasteiger partial charge in [-0.1, -0.05) is 23.5 Å². The van der Waals surface area contributed by atoms with Gasteiger partial charge >= 0.3 is 0 Å². The lowest BCUT2D eigenvalue weighted by molar-refractivity contribution is 0.384. The lowest BCUT2D eigenvalue weighted by Gasteiger charge is -2.33. The Morgan fingerprint density at radius 1 is 1.07 bits per heavy atom. The number of rotatable bonds is 5. The summed E-state index contributed by atoms with van der Waals surface area (Å²) in [5, 5.41) is 0.863. The Morgan fingerprint density at radius 2 is 1.79 bits per heavy atom. The smallest absolute Gasteiger partial charge is 0.243 e. The fourth-order valence-electron chi connectivity index (χ4n) is 3.20. The number of sulfonamides is 1. The predicted molar refractivity (Wildman–Crippen MR) is 111 cm³/mol. The van der Waals surface area contributed by atoms with Gasteiger partial charge in [0.05, 0.1) is 16.9 Å². The van der Waals surface area contributed by atoms with E-state index in [1.54, 1.807) is 18.4 Å². The second kappa shape index (κ2) is 8.10. The van der Waals surface area contributed by atoms with Crippen molar-refractivity contribution in [2.75, 3.05) is 38.2 Å². The van der Waals surface area contributed by atoms with Gasteiger partial charge < -0.3 is 9.64 Å². The van der Waals surface area contributed by atoms with Crippen molar-refractivity contribution < 1.29 is 17.5 Å². The molecule has 0 atom stereocenters. The van der Waals surface area contributed by atoms with E-state index in [0.29, 0.717) is 26.2 Å². The van der Waals surface area contributed by atoms with Gasteiger partial charge in [-0.2, -0.15) is 4.31 Å². The fourth-order valence-corrected chi connectivity index (χ4v) is 5.58. The highest BCUT2D eigenvalue weighted by Crippen LogP contribution is 2.33. The van der Waals surface area contributed by atoms with Crippen LogP contribution in [0.1, 0.15) is 0 Å². The highest BCUT2D eigenvalue weighted by Gasteiger charge is 2.29. The van der Waals surface area contributed by atoms with Crippen molar-refractivity contribution in [2.45, 2.75) is 4.90 Å². The molecule has 4 rings (SSSR count). The first-order chi connectivity index (χ1) is 14.0. The molecular weight excluding hydrogens is 413 g/mol. The van der Waals surface area contributed by atoms with Gasteiger partial charge in [0.1, 0.15) is 11.6 Å². The first-order valence-electron chi connectivity index (χ1n) is 9.08. The first-order valence-corrected chi connectivity index (χ1v) is 11.3. The standard InChI is InChI=1S/C20H20FN3O3S2/c1-27-17-4-2-3-15(13-17)19-14-22-20(28-19)23-9-11-24(12-10-23)29(25,26)18-7-5-16(21)6-8-18/h2-8,13-14H,9-12H2,1H3. The number of ether oxygens (including phenoxy) is 1. The molecular formula is C20H20FN3O3S2. The highest BCUT2D eigenvalue weighted by atomic mass is 32.2. The van der Waals surface area contributed by atoms with E-state index < -0.39 is 15.8 Å². The SMILES string of the molecule is COc1cccc(-c2cnc(N3CCN(S(=O)(=O)c4ccc(F)cc4)CC3)s2)c1. The van der Waals surface area contributed by atoms with Gasteiger partial charge in [-0.25, -0.2) is 17.8 Å². The Bertz CT molecular complexity index is 1090. The summed E-state index contributed by atoms with van der Waals surface area (Å²) in [6.45, 7) is 1.80. The molecule has 0 N–H and O–H groups in total. The summed E-state index contributed by atoms with van der Waals surface area (Å²) in [6.07, 6.45) is 1.83. The van der Waals surface area contributed by atoms with E-state index in [2.05, 4.69) is 9.88 Å². The molecule has 0 spiro atoms. The van der Waals surface area contributed by atoms with Crippen LogP contribution in [0.15, 0.2) is 59.6 Å². The van der Waals surface area contributed by atoms with Crippen molar-refractivity contribution in [1.29, 1.82) is 0 Å². The molecule has 0 radical (unpaired) electrons. The molecule has 6 nitrogen and oxygen atoms in total. The number of hydrogen-bond donors (Lipinski definition) is 0. The fraction of sp³-hybridized carbons (Fsp3) is 0.250. The summed E-state index contributed by atoms with van der Waals surface area (Å²) >= 11 is 1.57. The van der Waals surface area contributed by atoms with Gasteiger partial charge in [0.2, 0.25) is 10.0 Å². The van der Waals surface area contributed by atoms with E-state index in [1.165, 1.54) is 28.6 Å². The molecule has 1 fully saturated rings. The van der Waals surface area contributed by atoms with Crippen molar-refractivity contribution >= 4 is 26.5 Å². The average molecular weight is 434 g/mol. The zero-order valence-corrected chi connectivity index (χ0v) is 17.4. The number of thiazole rings is 1. The van der Waals surface area contributed by atoms with E-state index in [0.717, 1.165) is 21.3 Å². The predicted octanol–water partition coefficient (Wildman–Crippen LogP) is 3.47. The minimum absolute atomic E-state index is 0.113. The van der Waals surface area contributed by atoms with Crippen molar-refractivity contribution in [3.63, 3.8) is 0 Å². The maximum atomic E-state index is 13.1. The van der Waals surface area contributed by atoms with Crippen LogP contribution >= 0.6 is 11.3 Å². The van der Waals surface area contributed by atoms with Gasteiger partial charge in [-0.15, -0.1) is 0 Å². The molecule has 29 heavy (non-hydrogen) atoms. The van der Waals surface area contributed by atoms with Crippen LogP contribution in [-0.4, -0.2) is 51.0 Å². The number of hydrogen-bond acceptors (Lipinski definition) is 6. The Balaban J connectivity index is 1.45. The summed E-state index contributed by atoms with van der Waals surface area (Å²) in [5.74, 6) is 0.335. The Morgan fingerprint density at radius 3 is 2.48 bits per heavy atom. The molecule has 0 saturated carbocycles. The lowest BCUT2D eigenvalue weighted by atomic mass is 10.2. The third-order valence-corrected chi connectivity index (χ3v) is 7.83. The van der Waals surface area contributed by atoms with Gasteiger partial charge in [0, 0.05) is 32.4 Å². The molecule has 0 amide bonds. The molecule has 2 aromatic carbocycles. The second-order valence-corrected chi connectivity index (χ2v) is 9.53. The number of aromatic nitrogens is 1. The van der Waals surface area contributed by atoms with Crippen LogP contribution in [0.4, 0.5) is 9.52 Å². The number of anilines is 1. The van der Waals surface area contributed by atoms with Crippen molar-refractivity contribution in [1.82, 2.24) is 9.29 Å². The van der Waals surface area contributed by atoms with Gasteiger partial charge in [-0.3, -0.25) is 0 Å². The van der Waals surface area contributed by atoms with Crippen molar-refractivity contribution in [3.05, 3.63) is 60.5 Å². The van der Waals surface area contributed by atoms with Crippen molar-refractivity contribution in [3.8, 4) is 16.2 Å². The van der Waals surface area contributed by atoms with Crippen LogP contribution in [0.3, 0.4) is 0 Å². The molecule has 0 unspecified atom stereocenters. The summed E-state index contributed by atoms with van der Waals surface area (Å²) in [7, 11) is -1.99. The van der Waals surface area contributed by atoms with Crippen molar-refractivity contribution in [2.24, 2.45) is 0 Å². The molecule has 1 aliphatic rings. The zero-order valence-electron chi connectivity index (χ0n) is 15.8. The van der Waals surface area contributed by atoms with E-state index in [-0.39, 0.29) is 4.90 Å². The van der Waals surface area contributed by atoms with E-state index in [1.807, 2.05) is 30.5 Å². The summed E-state index contributed by atoms with van der Waals surface area (Å²) < 4.78 is 45.3. The Hall–Kier alpha value is -2.49. The first kappa shape index (κ1) is 19.8. The van der Waals surface area contributed by atoms with Gasteiger partial charge in [0.15, 0.2) is 5.13 Å². The summed E-state index contributed by atoms with van der Waals surface area (Å²) in [6, 6.07) is 12.7. The number of halogens is 1. The summed E-state index contributed by atoms with van der Waals surface area (Å²) in [5.41, 5.74) is 1.03. The van der Waals surface area contributed by atoms with Crippen LogP contribution in [0.5, 0.6) is 5.75 Å². The third kappa shape index (κ3) is 4.12. The monoisotopic (exact) mass is 433 g/mol. The second-order valence-electron chi connectivity index (χ2n) is 6.58. The Labute approximate surface area is 173 Å². The molecule has 1 aliphatic heterocycles. The molecule has 1 saturated heterocycles. The van der Waals surface area contributed by atoms with E-state index in [9.17, 15) is 12.8 Å². The van der Waals surface area contributed by atoms with Crippen LogP contribution in [0.25, 0.3) is 10.4 Å².